The van der Waals surface area contributed by atoms with Crippen molar-refractivity contribution in [3.05, 3.63) is 29.3 Å². The first-order valence-electron chi connectivity index (χ1n) is 5.82. The van der Waals surface area contributed by atoms with E-state index < -0.39 is 17.2 Å². The number of rotatable bonds is 4. The van der Waals surface area contributed by atoms with Gasteiger partial charge in [-0.05, 0) is 31.2 Å². The fourth-order valence-electron chi connectivity index (χ4n) is 1.39. The van der Waals surface area contributed by atoms with E-state index in [2.05, 4.69) is 10.2 Å². The van der Waals surface area contributed by atoms with Crippen molar-refractivity contribution < 1.29 is 14.0 Å². The highest BCUT2D eigenvalue weighted by Crippen LogP contribution is 2.26. The number of aromatic nitrogens is 2. The number of carbonyl (C=O) groups excluding carboxylic acids is 2. The SMILES string of the molecule is C[C@@H](Sc1nnc(-c2ccc(Cl)cc2)o1)C(=O)NC(N)=O. The number of primary amides is 1. The van der Waals surface area contributed by atoms with Gasteiger partial charge in [-0.1, -0.05) is 23.4 Å². The van der Waals surface area contributed by atoms with Gasteiger partial charge in [0.05, 0.1) is 5.25 Å². The molecule has 0 spiro atoms. The lowest BCUT2D eigenvalue weighted by atomic mass is 10.2. The second-order valence-electron chi connectivity index (χ2n) is 3.99. The Morgan fingerprint density at radius 1 is 1.33 bits per heavy atom. The van der Waals surface area contributed by atoms with Crippen LogP contribution in [-0.4, -0.2) is 27.4 Å². The van der Waals surface area contributed by atoms with Gasteiger partial charge in [0.2, 0.25) is 11.8 Å². The number of imide groups is 1. The molecule has 3 amide bonds. The van der Waals surface area contributed by atoms with E-state index in [-0.39, 0.29) is 5.22 Å². The Kier molecular flexibility index (Phi) is 4.81. The van der Waals surface area contributed by atoms with E-state index in [0.29, 0.717) is 16.5 Å². The van der Waals surface area contributed by atoms with Gasteiger partial charge in [-0.3, -0.25) is 10.1 Å². The molecular formula is C12H11ClN4O3S. The molecule has 1 aromatic carbocycles. The summed E-state index contributed by atoms with van der Waals surface area (Å²) in [7, 11) is 0. The predicted molar refractivity (Wildman–Crippen MR) is 77.8 cm³/mol. The van der Waals surface area contributed by atoms with Crippen LogP contribution in [0.15, 0.2) is 33.9 Å². The van der Waals surface area contributed by atoms with Gasteiger partial charge in [0.15, 0.2) is 0 Å². The first-order valence-corrected chi connectivity index (χ1v) is 7.08. The summed E-state index contributed by atoms with van der Waals surface area (Å²) in [6, 6.07) is 5.99. The van der Waals surface area contributed by atoms with Gasteiger partial charge in [0.1, 0.15) is 0 Å². The van der Waals surface area contributed by atoms with Crippen LogP contribution in [0.3, 0.4) is 0 Å². The molecule has 7 nitrogen and oxygen atoms in total. The zero-order valence-electron chi connectivity index (χ0n) is 10.9. The van der Waals surface area contributed by atoms with Crippen LogP contribution in [-0.2, 0) is 4.79 Å². The molecule has 1 heterocycles. The number of halogens is 1. The highest BCUT2D eigenvalue weighted by molar-refractivity contribution is 8.00. The summed E-state index contributed by atoms with van der Waals surface area (Å²) >= 11 is 6.82. The maximum atomic E-state index is 11.5. The van der Waals surface area contributed by atoms with Crippen molar-refractivity contribution in [1.29, 1.82) is 0 Å². The lowest BCUT2D eigenvalue weighted by Gasteiger charge is -2.06. The van der Waals surface area contributed by atoms with Crippen molar-refractivity contribution in [1.82, 2.24) is 15.5 Å². The predicted octanol–water partition coefficient (Wildman–Crippen LogP) is 2.07. The Labute approximate surface area is 129 Å². The fraction of sp³-hybridized carbons (Fsp3) is 0.167. The largest absolute Gasteiger partial charge is 0.411 e. The number of carbonyl (C=O) groups is 2. The number of thioether (sulfide) groups is 1. The van der Waals surface area contributed by atoms with Gasteiger partial charge in [0, 0.05) is 10.6 Å². The molecular weight excluding hydrogens is 316 g/mol. The summed E-state index contributed by atoms with van der Waals surface area (Å²) in [5.74, 6) is -0.213. The Hall–Kier alpha value is -2.06. The normalized spacial score (nSPS) is 11.9. The second-order valence-corrected chi connectivity index (χ2v) is 5.72. The van der Waals surface area contributed by atoms with Gasteiger partial charge in [-0.25, -0.2) is 4.79 Å². The number of urea groups is 1. The van der Waals surface area contributed by atoms with E-state index in [1.54, 1.807) is 31.2 Å². The Balaban J connectivity index is 2.04. The number of hydrogen-bond donors (Lipinski definition) is 2. The van der Waals surface area contributed by atoms with Crippen LogP contribution in [0.4, 0.5) is 4.79 Å². The van der Waals surface area contributed by atoms with Crippen molar-refractivity contribution >= 4 is 35.3 Å². The third kappa shape index (κ3) is 4.20. The Bertz CT molecular complexity index is 659. The maximum Gasteiger partial charge on any atom is 0.318 e. The van der Waals surface area contributed by atoms with Crippen LogP contribution < -0.4 is 11.1 Å². The fourth-order valence-corrected chi connectivity index (χ4v) is 2.20. The number of amides is 3. The van der Waals surface area contributed by atoms with E-state index in [1.165, 1.54) is 0 Å². The molecule has 0 bridgehead atoms. The lowest BCUT2D eigenvalue weighted by molar-refractivity contribution is -0.119. The topological polar surface area (TPSA) is 111 Å². The molecule has 110 valence electrons. The molecule has 0 aliphatic heterocycles. The molecule has 3 N–H and O–H groups in total. The Morgan fingerprint density at radius 3 is 2.62 bits per heavy atom. The summed E-state index contributed by atoms with van der Waals surface area (Å²) in [4.78, 5) is 22.1. The average Bonchev–Trinajstić information content (AvgIpc) is 2.87. The minimum Gasteiger partial charge on any atom is -0.411 e. The number of benzene rings is 1. The van der Waals surface area contributed by atoms with E-state index >= 15 is 0 Å². The molecule has 21 heavy (non-hydrogen) atoms. The molecule has 0 saturated carbocycles. The molecule has 1 aromatic heterocycles. The smallest absolute Gasteiger partial charge is 0.318 e. The molecule has 9 heteroatoms. The van der Waals surface area contributed by atoms with E-state index in [4.69, 9.17) is 21.8 Å². The summed E-state index contributed by atoms with van der Waals surface area (Å²) in [6.45, 7) is 1.59. The first-order chi connectivity index (χ1) is 9.95. The molecule has 0 fully saturated rings. The Morgan fingerprint density at radius 2 is 2.00 bits per heavy atom. The molecule has 0 radical (unpaired) electrons. The minimum absolute atomic E-state index is 0.215. The quantitative estimate of drug-likeness (QED) is 0.832. The third-order valence-electron chi connectivity index (χ3n) is 2.39. The zero-order chi connectivity index (χ0) is 15.4. The molecule has 0 aliphatic rings. The minimum atomic E-state index is -0.903. The van der Waals surface area contributed by atoms with E-state index in [9.17, 15) is 9.59 Å². The van der Waals surface area contributed by atoms with Crippen LogP contribution >= 0.6 is 23.4 Å². The van der Waals surface area contributed by atoms with Crippen molar-refractivity contribution in [2.45, 2.75) is 17.4 Å². The van der Waals surface area contributed by atoms with Crippen molar-refractivity contribution in [2.75, 3.05) is 0 Å². The maximum absolute atomic E-state index is 11.5. The van der Waals surface area contributed by atoms with Crippen molar-refractivity contribution in [2.24, 2.45) is 5.73 Å². The van der Waals surface area contributed by atoms with Gasteiger partial charge in [-0.2, -0.15) is 0 Å². The number of hydrogen-bond acceptors (Lipinski definition) is 6. The average molecular weight is 327 g/mol. The summed E-state index contributed by atoms with van der Waals surface area (Å²) in [5, 5.41) is 9.92. The number of nitrogens with one attached hydrogen (secondary N) is 1. The zero-order valence-corrected chi connectivity index (χ0v) is 12.4. The standard InChI is InChI=1S/C12H11ClN4O3S/c1-6(9(18)15-11(14)19)21-12-17-16-10(20-12)7-2-4-8(13)5-3-7/h2-6H,1H3,(H3,14,15,18,19)/t6-/m1/s1. The van der Waals surface area contributed by atoms with Gasteiger partial charge >= 0.3 is 6.03 Å². The molecule has 0 saturated heterocycles. The van der Waals surface area contributed by atoms with Crippen LogP contribution in [0, 0.1) is 0 Å². The van der Waals surface area contributed by atoms with E-state index in [1.807, 2.05) is 5.32 Å². The van der Waals surface area contributed by atoms with Crippen molar-refractivity contribution in [3.63, 3.8) is 0 Å². The highest BCUT2D eigenvalue weighted by Gasteiger charge is 2.19. The molecule has 0 aliphatic carbocycles. The summed E-state index contributed by atoms with van der Waals surface area (Å²) < 4.78 is 5.44. The molecule has 2 aromatic rings. The highest BCUT2D eigenvalue weighted by atomic mass is 35.5. The number of nitrogens with two attached hydrogens (primary N) is 1. The third-order valence-corrected chi connectivity index (χ3v) is 3.58. The van der Waals surface area contributed by atoms with Gasteiger partial charge < -0.3 is 10.2 Å². The summed E-state index contributed by atoms with van der Waals surface area (Å²) in [5.41, 5.74) is 5.59. The number of nitrogens with zero attached hydrogens (tertiary/aromatic N) is 2. The van der Waals surface area contributed by atoms with Crippen LogP contribution in [0.5, 0.6) is 0 Å². The lowest BCUT2D eigenvalue weighted by Crippen LogP contribution is -2.39. The van der Waals surface area contributed by atoms with Crippen LogP contribution in [0.2, 0.25) is 5.02 Å². The van der Waals surface area contributed by atoms with Crippen LogP contribution in [0.25, 0.3) is 11.5 Å². The summed E-state index contributed by atoms with van der Waals surface area (Å²) in [6.07, 6.45) is 0. The monoisotopic (exact) mass is 326 g/mol. The van der Waals surface area contributed by atoms with Crippen LogP contribution in [0.1, 0.15) is 6.92 Å². The molecule has 2 rings (SSSR count). The van der Waals surface area contributed by atoms with Gasteiger partial charge in [0.25, 0.3) is 5.22 Å². The van der Waals surface area contributed by atoms with Gasteiger partial charge in [-0.15, -0.1) is 10.2 Å². The molecule has 1 atom stereocenters. The first kappa shape index (κ1) is 15.3. The second kappa shape index (κ2) is 6.59. The molecule has 0 unspecified atom stereocenters. The van der Waals surface area contributed by atoms with Crippen molar-refractivity contribution in [3.8, 4) is 11.5 Å². The van der Waals surface area contributed by atoms with E-state index in [0.717, 1.165) is 11.8 Å².